The molecule has 204 valence electrons. The van der Waals surface area contributed by atoms with Gasteiger partial charge in [-0.25, -0.2) is 9.59 Å². The lowest BCUT2D eigenvalue weighted by Gasteiger charge is -2.49. The summed E-state index contributed by atoms with van der Waals surface area (Å²) in [5, 5.41) is 24.6. The molecule has 1 saturated heterocycles. The van der Waals surface area contributed by atoms with Crippen LogP contribution in [-0.2, 0) is 28.8 Å². The van der Waals surface area contributed by atoms with Crippen LogP contribution in [0.3, 0.4) is 0 Å². The zero-order valence-corrected chi connectivity index (χ0v) is 22.7. The van der Waals surface area contributed by atoms with E-state index in [0.29, 0.717) is 0 Å². The molecule has 2 atom stereocenters. The average Bonchev–Trinajstić information content (AvgIpc) is 2.88. The second-order valence-corrected chi connectivity index (χ2v) is 10.3. The van der Waals surface area contributed by atoms with Crippen LogP contribution < -0.4 is 5.32 Å². The van der Waals surface area contributed by atoms with Crippen LogP contribution >= 0.6 is 58.3 Å². The monoisotopic (exact) mass is 628 g/mol. The number of amides is 4. The molecule has 18 heteroatoms. The number of fused-ring (bicyclic) bond motifs is 1. The van der Waals surface area contributed by atoms with E-state index < -0.39 is 58.3 Å². The number of halogens is 4. The number of nitrogens with zero attached hydrogens (tertiary/aromatic N) is 3. The zero-order valence-electron chi connectivity index (χ0n) is 18.9. The summed E-state index contributed by atoms with van der Waals surface area (Å²) in [6.07, 6.45) is -1.35. The predicted octanol–water partition coefficient (Wildman–Crippen LogP) is 2.06. The van der Waals surface area contributed by atoms with Crippen molar-refractivity contribution in [3.05, 3.63) is 40.1 Å². The number of imide groups is 1. The highest BCUT2D eigenvalue weighted by Crippen LogP contribution is 2.40. The maximum Gasteiger partial charge on any atom is 0.432 e. The number of alkyl halides is 2. The van der Waals surface area contributed by atoms with Crippen molar-refractivity contribution >= 4 is 93.8 Å². The van der Waals surface area contributed by atoms with Gasteiger partial charge in [-0.05, 0) is 18.2 Å². The number of phenolic OH excluding ortho intramolecular Hbond substituents is 1. The van der Waals surface area contributed by atoms with Crippen molar-refractivity contribution in [2.75, 3.05) is 19.5 Å². The van der Waals surface area contributed by atoms with E-state index in [1.54, 1.807) is 0 Å². The van der Waals surface area contributed by atoms with Crippen molar-refractivity contribution < 1.29 is 43.8 Å². The number of ether oxygens (including phenoxy) is 1. The SMILES string of the molecule is CON=C(C(=O)NC1C(=O)N2C(C(=O)O)=C(COC(=O)N(Cl)C(=O)C(Cl)Cl)CS[C@@H]12)c1ccc(O)c(Cl)c1. The lowest BCUT2D eigenvalue weighted by molar-refractivity contribution is -0.150. The summed E-state index contributed by atoms with van der Waals surface area (Å²) in [7, 11) is 1.20. The van der Waals surface area contributed by atoms with Crippen molar-refractivity contribution in [3.63, 3.8) is 0 Å². The quantitative estimate of drug-likeness (QED) is 0.127. The number of hydrogen-bond donors (Lipinski definition) is 3. The number of carbonyl (C=O) groups is 5. The molecule has 2 heterocycles. The molecule has 3 N–H and O–H groups in total. The summed E-state index contributed by atoms with van der Waals surface area (Å²) in [6, 6.07) is 2.75. The lowest BCUT2D eigenvalue weighted by Crippen LogP contribution is -2.71. The number of aromatic hydroxyl groups is 1. The van der Waals surface area contributed by atoms with Crippen molar-refractivity contribution in [2.45, 2.75) is 16.3 Å². The molecule has 3 rings (SSSR count). The van der Waals surface area contributed by atoms with Gasteiger partial charge < -0.3 is 25.1 Å². The van der Waals surface area contributed by atoms with Crippen LogP contribution in [-0.4, -0.2) is 90.7 Å². The third-order valence-electron chi connectivity index (χ3n) is 5.07. The van der Waals surface area contributed by atoms with Crippen LogP contribution in [0.15, 0.2) is 34.6 Å². The molecule has 13 nitrogen and oxygen atoms in total. The van der Waals surface area contributed by atoms with E-state index in [9.17, 15) is 34.2 Å². The smallest absolute Gasteiger partial charge is 0.432 e. The highest BCUT2D eigenvalue weighted by molar-refractivity contribution is 8.00. The maximum absolute atomic E-state index is 12.9. The molecular formula is C20H16Cl4N4O9S. The van der Waals surface area contributed by atoms with Gasteiger partial charge in [0.2, 0.25) is 0 Å². The maximum atomic E-state index is 12.9. The number of β-lactam (4-membered cyclic amide) rings is 1. The van der Waals surface area contributed by atoms with E-state index in [-0.39, 0.29) is 37.8 Å². The van der Waals surface area contributed by atoms with Gasteiger partial charge in [-0.1, -0.05) is 40.0 Å². The Hall–Kier alpha value is -2.91. The molecule has 1 aromatic rings. The Morgan fingerprint density at radius 2 is 2.00 bits per heavy atom. The van der Waals surface area contributed by atoms with Crippen LogP contribution in [0.25, 0.3) is 0 Å². The van der Waals surface area contributed by atoms with Crippen LogP contribution in [0.5, 0.6) is 5.75 Å². The van der Waals surface area contributed by atoms with Gasteiger partial charge >= 0.3 is 12.1 Å². The first-order valence-electron chi connectivity index (χ1n) is 10.1. The molecule has 4 amide bonds. The van der Waals surface area contributed by atoms with Crippen molar-refractivity contribution in [2.24, 2.45) is 5.16 Å². The molecule has 38 heavy (non-hydrogen) atoms. The standard InChI is InChI=1S/C20H16Cl4N4O9S/c1-36-26-11(7-2-3-10(29)9(21)4-7)15(30)25-12-16(31)27-13(19(33)34)8(6-38-18(12)27)5-37-20(35)28(24)17(32)14(22)23/h2-4,12,14,18,29H,5-6H2,1H3,(H,25,30)(H,33,34)/t12?,18-/m0/s1. The summed E-state index contributed by atoms with van der Waals surface area (Å²) in [4.78, 5) is 65.3. The number of nitrogens with one attached hydrogen (secondary N) is 1. The van der Waals surface area contributed by atoms with E-state index in [4.69, 9.17) is 56.2 Å². The molecule has 0 aromatic heterocycles. The number of hydrogen-bond acceptors (Lipinski definition) is 10. The van der Waals surface area contributed by atoms with E-state index in [2.05, 4.69) is 10.5 Å². The number of oxime groups is 1. The van der Waals surface area contributed by atoms with E-state index in [0.717, 1.165) is 16.7 Å². The second kappa shape index (κ2) is 12.3. The summed E-state index contributed by atoms with van der Waals surface area (Å²) in [5.74, 6) is -4.46. The second-order valence-electron chi connectivity index (χ2n) is 7.38. The van der Waals surface area contributed by atoms with Gasteiger partial charge in [0, 0.05) is 28.7 Å². The Kier molecular flexibility index (Phi) is 9.59. The normalized spacial score (nSPS) is 18.9. The highest BCUT2D eigenvalue weighted by Gasteiger charge is 2.54. The first kappa shape index (κ1) is 29.6. The number of phenols is 1. The average molecular weight is 630 g/mol. The van der Waals surface area contributed by atoms with Gasteiger partial charge in [0.1, 0.15) is 36.6 Å². The number of aliphatic carboxylic acids is 1. The predicted molar refractivity (Wildman–Crippen MR) is 136 cm³/mol. The highest BCUT2D eigenvalue weighted by atomic mass is 35.5. The Morgan fingerprint density at radius 1 is 1.32 bits per heavy atom. The Bertz CT molecular complexity index is 1260. The number of carboxylic acids is 1. The third-order valence-corrected chi connectivity index (χ3v) is 7.39. The summed E-state index contributed by atoms with van der Waals surface area (Å²) >= 11 is 23.2. The molecule has 2 aliphatic heterocycles. The zero-order chi connectivity index (χ0) is 28.3. The van der Waals surface area contributed by atoms with E-state index in [1.165, 1.54) is 25.3 Å². The van der Waals surface area contributed by atoms with E-state index >= 15 is 0 Å². The Labute approximate surface area is 238 Å². The summed E-state index contributed by atoms with van der Waals surface area (Å²) in [6.45, 7) is -0.612. The first-order valence-corrected chi connectivity index (χ1v) is 12.8. The number of benzene rings is 1. The molecule has 0 bridgehead atoms. The van der Waals surface area contributed by atoms with Crippen LogP contribution in [0, 0.1) is 0 Å². The molecule has 0 saturated carbocycles. The molecule has 0 radical (unpaired) electrons. The van der Waals surface area contributed by atoms with E-state index in [1.807, 2.05) is 0 Å². The van der Waals surface area contributed by atoms with Crippen LogP contribution in [0.2, 0.25) is 5.02 Å². The summed E-state index contributed by atoms with van der Waals surface area (Å²) < 4.78 is 4.88. The number of carboxylic acid groups (broad SMARTS) is 1. The van der Waals surface area contributed by atoms with Crippen LogP contribution in [0.4, 0.5) is 4.79 Å². The fourth-order valence-corrected chi connectivity index (χ4v) is 5.31. The topological polar surface area (TPSA) is 175 Å². The van der Waals surface area contributed by atoms with Gasteiger partial charge in [0.05, 0.1) is 5.02 Å². The minimum Gasteiger partial charge on any atom is -0.506 e. The third kappa shape index (κ3) is 6.04. The fraction of sp³-hybridized carbons (Fsp3) is 0.300. The van der Waals surface area contributed by atoms with Crippen molar-refractivity contribution in [3.8, 4) is 5.75 Å². The number of rotatable bonds is 8. The van der Waals surface area contributed by atoms with Crippen molar-refractivity contribution in [1.82, 2.24) is 14.6 Å². The number of thioether (sulfide) groups is 1. The van der Waals surface area contributed by atoms with Gasteiger partial charge in [-0.3, -0.25) is 19.3 Å². The summed E-state index contributed by atoms with van der Waals surface area (Å²) in [5.41, 5.74) is -0.479. The number of carbonyl (C=O) groups excluding carboxylic acids is 4. The molecule has 1 unspecified atom stereocenters. The first-order chi connectivity index (χ1) is 17.9. The molecular weight excluding hydrogens is 614 g/mol. The lowest BCUT2D eigenvalue weighted by atomic mass is 10.0. The van der Waals surface area contributed by atoms with Crippen LogP contribution in [0.1, 0.15) is 5.56 Å². The largest absolute Gasteiger partial charge is 0.506 e. The van der Waals surface area contributed by atoms with Gasteiger partial charge in [0.25, 0.3) is 17.7 Å². The fourth-order valence-electron chi connectivity index (χ4n) is 3.36. The molecule has 1 fully saturated rings. The van der Waals surface area contributed by atoms with Gasteiger partial charge in [0.15, 0.2) is 10.5 Å². The molecule has 2 aliphatic rings. The minimum atomic E-state index is -1.63. The Balaban J connectivity index is 1.74. The molecule has 1 aromatic carbocycles. The van der Waals surface area contributed by atoms with Gasteiger partial charge in [-0.2, -0.15) is 4.42 Å². The Morgan fingerprint density at radius 3 is 2.58 bits per heavy atom. The molecule has 0 spiro atoms. The van der Waals surface area contributed by atoms with Crippen molar-refractivity contribution in [1.29, 1.82) is 0 Å². The minimum absolute atomic E-state index is 0.00518. The molecule has 0 aliphatic carbocycles. The van der Waals surface area contributed by atoms with Gasteiger partial charge in [-0.15, -0.1) is 11.8 Å².